The Hall–Kier alpha value is -0.740. The molecule has 0 heterocycles. The Morgan fingerprint density at radius 3 is 1.52 bits per heavy atom. The third kappa shape index (κ3) is 5.62. The van der Waals surface area contributed by atoms with Crippen LogP contribution in [0.15, 0.2) is 36.9 Å². The van der Waals surface area contributed by atoms with Crippen molar-refractivity contribution in [2.45, 2.75) is 33.1 Å². The fourth-order valence-electron chi connectivity index (χ4n) is 2.43. The van der Waals surface area contributed by atoms with Gasteiger partial charge in [0, 0.05) is 0 Å². The minimum Gasteiger partial charge on any atom is -0.308 e. The zero-order valence-corrected chi connectivity index (χ0v) is 17.1. The van der Waals surface area contributed by atoms with E-state index >= 15 is 0 Å². The van der Waals surface area contributed by atoms with E-state index in [1.807, 2.05) is 18.2 Å². The molecule has 0 unspecified atom stereocenters. The van der Waals surface area contributed by atoms with Gasteiger partial charge in [-0.1, -0.05) is 36.9 Å². The highest BCUT2D eigenvalue weighted by atomic mass is 31.2. The smallest absolute Gasteiger partial charge is 0.308 e. The number of benzene rings is 1. The molecule has 0 saturated heterocycles. The van der Waals surface area contributed by atoms with Crippen molar-refractivity contribution in [3.8, 4) is 0 Å². The quantitative estimate of drug-likeness (QED) is 0.435. The van der Waals surface area contributed by atoms with E-state index in [1.165, 1.54) is 0 Å². The van der Waals surface area contributed by atoms with Crippen LogP contribution >= 0.6 is 15.2 Å². The van der Waals surface area contributed by atoms with Crippen molar-refractivity contribution in [1.29, 1.82) is 0 Å². The van der Waals surface area contributed by atoms with Crippen LogP contribution in [0.4, 0.5) is 0 Å². The van der Waals surface area contributed by atoms with E-state index in [1.54, 1.807) is 39.8 Å². The maximum absolute atomic E-state index is 13.5. The van der Waals surface area contributed by atoms with Crippen molar-refractivity contribution in [3.05, 3.63) is 42.5 Å². The Balaban J connectivity index is 3.51. The topological polar surface area (TPSA) is 71.1 Å². The normalized spacial score (nSPS) is 12.5. The second kappa shape index (κ2) is 10.4. The average Bonchev–Trinajstić information content (AvgIpc) is 2.56. The molecule has 8 heteroatoms. The standard InChI is InChI=1S/C17H28O6P2/c1-6-20-24(18,21-7-2)17(25(19,22-8-3)23-9-4)15(5)16-13-11-10-12-14-16/h10-14,17H,5-9H2,1-4H3. The molecule has 0 aliphatic heterocycles. The number of allylic oxidation sites excluding steroid dienone is 1. The van der Waals surface area contributed by atoms with Gasteiger partial charge in [0.1, 0.15) is 0 Å². The van der Waals surface area contributed by atoms with Crippen LogP contribution in [0.5, 0.6) is 0 Å². The Morgan fingerprint density at radius 1 is 0.840 bits per heavy atom. The molecule has 0 fully saturated rings. The molecule has 1 rings (SSSR count). The summed E-state index contributed by atoms with van der Waals surface area (Å²) in [5, 5.41) is -1.23. The van der Waals surface area contributed by atoms with E-state index in [9.17, 15) is 9.13 Å². The molecule has 0 aromatic heterocycles. The third-order valence-corrected chi connectivity index (χ3v) is 9.28. The van der Waals surface area contributed by atoms with Crippen molar-refractivity contribution in [2.24, 2.45) is 0 Å². The number of hydrogen-bond acceptors (Lipinski definition) is 6. The molecule has 0 N–H and O–H groups in total. The van der Waals surface area contributed by atoms with Gasteiger partial charge in [0.25, 0.3) is 0 Å². The Bertz CT molecular complexity index is 581. The zero-order chi connectivity index (χ0) is 18.9. The lowest BCUT2D eigenvalue weighted by Gasteiger charge is -2.32. The molecule has 6 nitrogen and oxygen atoms in total. The molecular weight excluding hydrogens is 362 g/mol. The van der Waals surface area contributed by atoms with Gasteiger partial charge in [-0.3, -0.25) is 9.13 Å². The molecule has 0 saturated carbocycles. The lowest BCUT2D eigenvalue weighted by atomic mass is 10.1. The second-order valence-electron chi connectivity index (χ2n) is 5.02. The summed E-state index contributed by atoms with van der Waals surface area (Å²) in [7, 11) is -7.69. The largest absolute Gasteiger partial charge is 0.350 e. The molecule has 142 valence electrons. The van der Waals surface area contributed by atoms with Gasteiger partial charge in [0.15, 0.2) is 5.40 Å². The minimum atomic E-state index is -3.84. The molecule has 1 aromatic rings. The first kappa shape index (κ1) is 22.3. The number of hydrogen-bond donors (Lipinski definition) is 0. The summed E-state index contributed by atoms with van der Waals surface area (Å²) in [6.45, 7) is 11.3. The highest BCUT2D eigenvalue weighted by Gasteiger charge is 2.52. The van der Waals surface area contributed by atoms with Crippen molar-refractivity contribution in [2.75, 3.05) is 26.4 Å². The highest BCUT2D eigenvalue weighted by Crippen LogP contribution is 2.73. The first-order valence-corrected chi connectivity index (χ1v) is 11.6. The van der Waals surface area contributed by atoms with Crippen LogP contribution in [0.1, 0.15) is 33.3 Å². The van der Waals surface area contributed by atoms with Gasteiger partial charge in [-0.15, -0.1) is 0 Å². The Labute approximate surface area is 150 Å². The van der Waals surface area contributed by atoms with E-state index in [4.69, 9.17) is 18.1 Å². The van der Waals surface area contributed by atoms with E-state index < -0.39 is 20.6 Å². The van der Waals surface area contributed by atoms with Crippen LogP contribution in [0.25, 0.3) is 5.57 Å². The van der Waals surface area contributed by atoms with Crippen molar-refractivity contribution < 1.29 is 27.2 Å². The van der Waals surface area contributed by atoms with E-state index in [-0.39, 0.29) is 26.4 Å². The summed E-state index contributed by atoms with van der Waals surface area (Å²) < 4.78 is 48.8. The predicted molar refractivity (Wildman–Crippen MR) is 101 cm³/mol. The summed E-state index contributed by atoms with van der Waals surface area (Å²) in [4.78, 5) is 0. The molecule has 0 atom stereocenters. The molecule has 0 amide bonds. The van der Waals surface area contributed by atoms with Crippen LogP contribution in [0.3, 0.4) is 0 Å². The third-order valence-electron chi connectivity index (χ3n) is 3.29. The lowest BCUT2D eigenvalue weighted by Crippen LogP contribution is -2.19. The lowest BCUT2D eigenvalue weighted by molar-refractivity contribution is 0.201. The van der Waals surface area contributed by atoms with Crippen LogP contribution < -0.4 is 0 Å². The summed E-state index contributed by atoms with van der Waals surface area (Å²) in [5.41, 5.74) is 1.02. The van der Waals surface area contributed by atoms with Gasteiger partial charge < -0.3 is 18.1 Å². The first-order chi connectivity index (χ1) is 11.9. The molecule has 1 aromatic carbocycles. The number of rotatable bonds is 12. The Kier molecular flexibility index (Phi) is 9.29. The fraction of sp³-hybridized carbons (Fsp3) is 0.529. The Morgan fingerprint density at radius 2 is 1.20 bits per heavy atom. The molecule has 0 aliphatic carbocycles. The molecule has 0 bridgehead atoms. The van der Waals surface area contributed by atoms with Gasteiger partial charge >= 0.3 is 15.2 Å². The van der Waals surface area contributed by atoms with E-state index in [0.717, 1.165) is 0 Å². The van der Waals surface area contributed by atoms with Crippen LogP contribution in [-0.2, 0) is 27.2 Å². The maximum Gasteiger partial charge on any atom is 0.350 e. The summed E-state index contributed by atoms with van der Waals surface area (Å²) in [6.07, 6.45) is 0. The summed E-state index contributed by atoms with van der Waals surface area (Å²) >= 11 is 0. The van der Waals surface area contributed by atoms with Gasteiger partial charge in [0.05, 0.1) is 26.4 Å². The van der Waals surface area contributed by atoms with Crippen LogP contribution in [-0.4, -0.2) is 31.8 Å². The van der Waals surface area contributed by atoms with Gasteiger partial charge in [-0.2, -0.15) is 0 Å². The maximum atomic E-state index is 13.5. The van der Waals surface area contributed by atoms with Crippen molar-refractivity contribution in [1.82, 2.24) is 0 Å². The molecule has 0 spiro atoms. The van der Waals surface area contributed by atoms with Gasteiger partial charge in [-0.25, -0.2) is 0 Å². The SMILES string of the molecule is C=C(c1ccccc1)C(P(=O)(OCC)OCC)P(=O)(OCC)OCC. The van der Waals surface area contributed by atoms with Gasteiger partial charge in [-0.05, 0) is 38.8 Å². The van der Waals surface area contributed by atoms with Crippen LogP contribution in [0, 0.1) is 0 Å². The molecule has 0 aliphatic rings. The average molecular weight is 390 g/mol. The highest BCUT2D eigenvalue weighted by molar-refractivity contribution is 7.73. The van der Waals surface area contributed by atoms with Crippen molar-refractivity contribution >= 4 is 20.8 Å². The zero-order valence-electron chi connectivity index (χ0n) is 15.3. The van der Waals surface area contributed by atoms with Crippen LogP contribution in [0.2, 0.25) is 0 Å². The predicted octanol–water partition coefficient (Wildman–Crippen LogP) is 5.56. The molecule has 0 radical (unpaired) electrons. The first-order valence-electron chi connectivity index (χ1n) is 8.40. The second-order valence-corrected chi connectivity index (χ2v) is 9.65. The molecule has 25 heavy (non-hydrogen) atoms. The molecular formula is C17H28O6P2. The minimum absolute atomic E-state index is 0.133. The van der Waals surface area contributed by atoms with E-state index in [0.29, 0.717) is 11.1 Å². The van der Waals surface area contributed by atoms with E-state index in [2.05, 4.69) is 6.58 Å². The van der Waals surface area contributed by atoms with Gasteiger partial charge in [0.2, 0.25) is 0 Å². The fourth-order valence-corrected chi connectivity index (χ4v) is 7.83. The van der Waals surface area contributed by atoms with Crippen molar-refractivity contribution in [3.63, 3.8) is 0 Å². The monoisotopic (exact) mass is 390 g/mol. The summed E-state index contributed by atoms with van der Waals surface area (Å²) in [5.74, 6) is 0. The summed E-state index contributed by atoms with van der Waals surface area (Å²) in [6, 6.07) is 9.06.